The first kappa shape index (κ1) is 34.4. The van der Waals surface area contributed by atoms with Crippen molar-refractivity contribution < 1.29 is 14.3 Å². The summed E-state index contributed by atoms with van der Waals surface area (Å²) in [5, 5.41) is 9.85. The van der Waals surface area contributed by atoms with Gasteiger partial charge in [0, 0.05) is 17.8 Å². The van der Waals surface area contributed by atoms with Crippen LogP contribution in [0.1, 0.15) is 94.5 Å². The number of carbonyl (C=O) groups is 2. The van der Waals surface area contributed by atoms with E-state index in [0.717, 1.165) is 49.3 Å². The Morgan fingerprint density at radius 2 is 1.63 bits per heavy atom. The second-order valence-electron chi connectivity index (χ2n) is 16.5. The largest absolute Gasteiger partial charge is 0.453 e. The maximum absolute atomic E-state index is 13.9. The van der Waals surface area contributed by atoms with Crippen LogP contribution in [0.3, 0.4) is 0 Å². The SMILES string of the molecule is COC(=O)NC(C(=O)N1CCCC1C1=NC(C)(C)c2ccc(-c3ccc(-c4ccc(C5CN=CN5)cc4)c4c3CC3(CCCC3)C4)cc2N1)C(C)C. The number of hydrogen-bond acceptors (Lipinski definition) is 7. The quantitative estimate of drug-likeness (QED) is 0.233. The summed E-state index contributed by atoms with van der Waals surface area (Å²) in [6.45, 7) is 9.61. The van der Waals surface area contributed by atoms with Crippen LogP contribution in [0.2, 0.25) is 0 Å². The molecule has 272 valence electrons. The maximum Gasteiger partial charge on any atom is 0.407 e. The predicted octanol–water partition coefficient (Wildman–Crippen LogP) is 7.78. The number of carbonyl (C=O) groups excluding carboxylic acids is 2. The summed E-state index contributed by atoms with van der Waals surface area (Å²) >= 11 is 0. The van der Waals surface area contributed by atoms with E-state index in [2.05, 4.69) is 89.4 Å². The van der Waals surface area contributed by atoms with Crippen molar-refractivity contribution in [2.75, 3.05) is 25.5 Å². The molecule has 1 spiro atoms. The number of rotatable bonds is 7. The topological polar surface area (TPSA) is 107 Å². The highest BCUT2D eigenvalue weighted by Crippen LogP contribution is 2.53. The van der Waals surface area contributed by atoms with Crippen LogP contribution in [-0.2, 0) is 27.9 Å². The van der Waals surface area contributed by atoms with Crippen molar-refractivity contribution in [3.8, 4) is 22.3 Å². The number of methoxy groups -OCH3 is 1. The summed E-state index contributed by atoms with van der Waals surface area (Å²) in [6, 6.07) is 20.0. The number of alkyl carbamates (subject to hydrolysis) is 1. The van der Waals surface area contributed by atoms with Gasteiger partial charge < -0.3 is 25.6 Å². The first-order valence-electron chi connectivity index (χ1n) is 19.2. The molecule has 1 saturated carbocycles. The third kappa shape index (κ3) is 6.16. The van der Waals surface area contributed by atoms with Crippen molar-refractivity contribution in [3.63, 3.8) is 0 Å². The normalized spacial score (nSPS) is 22.8. The van der Waals surface area contributed by atoms with Gasteiger partial charge in [-0.05, 0) is 109 Å². The number of amidine groups is 1. The zero-order valence-electron chi connectivity index (χ0n) is 31.2. The van der Waals surface area contributed by atoms with Crippen LogP contribution in [0, 0.1) is 11.3 Å². The highest BCUT2D eigenvalue weighted by Gasteiger charge is 2.43. The number of fused-ring (bicyclic) bond motifs is 2. The van der Waals surface area contributed by atoms with Crippen molar-refractivity contribution in [2.24, 2.45) is 21.3 Å². The maximum atomic E-state index is 13.9. The van der Waals surface area contributed by atoms with E-state index in [1.54, 1.807) is 0 Å². The minimum Gasteiger partial charge on any atom is -0.453 e. The monoisotopic (exact) mass is 700 g/mol. The Kier molecular flexibility index (Phi) is 8.87. The van der Waals surface area contributed by atoms with Gasteiger partial charge in [0.25, 0.3) is 0 Å². The Hall–Kier alpha value is -4.66. The van der Waals surface area contributed by atoms with E-state index in [9.17, 15) is 9.59 Å². The van der Waals surface area contributed by atoms with Gasteiger partial charge in [0.15, 0.2) is 0 Å². The number of nitrogens with zero attached hydrogens (tertiary/aromatic N) is 3. The van der Waals surface area contributed by atoms with E-state index >= 15 is 0 Å². The molecule has 9 nitrogen and oxygen atoms in total. The molecule has 2 aliphatic carbocycles. The highest BCUT2D eigenvalue weighted by atomic mass is 16.5. The van der Waals surface area contributed by atoms with Gasteiger partial charge in [-0.2, -0.15) is 0 Å². The summed E-state index contributed by atoms with van der Waals surface area (Å²) in [6.07, 6.45) is 10.4. The van der Waals surface area contributed by atoms with E-state index < -0.39 is 17.7 Å². The van der Waals surface area contributed by atoms with Crippen LogP contribution in [0.25, 0.3) is 22.3 Å². The van der Waals surface area contributed by atoms with Crippen LogP contribution in [0.15, 0.2) is 64.6 Å². The van der Waals surface area contributed by atoms with Gasteiger partial charge in [-0.1, -0.05) is 75.2 Å². The number of hydrogen-bond donors (Lipinski definition) is 3. The van der Waals surface area contributed by atoms with Crippen molar-refractivity contribution in [3.05, 3.63) is 76.9 Å². The van der Waals surface area contributed by atoms with E-state index in [1.807, 2.05) is 25.1 Å². The van der Waals surface area contributed by atoms with Gasteiger partial charge in [-0.15, -0.1) is 0 Å². The number of likely N-dealkylation sites (tertiary alicyclic amines) is 1. The van der Waals surface area contributed by atoms with Crippen molar-refractivity contribution >= 4 is 29.9 Å². The molecule has 0 bridgehead atoms. The van der Waals surface area contributed by atoms with Crippen molar-refractivity contribution in [2.45, 2.75) is 103 Å². The number of benzene rings is 3. The molecule has 0 aromatic heterocycles. The number of amides is 2. The molecule has 3 unspecified atom stereocenters. The molecule has 3 heterocycles. The third-order valence-corrected chi connectivity index (χ3v) is 12.4. The Bertz CT molecular complexity index is 1930. The number of aliphatic imine (C=N–C) groups is 2. The van der Waals surface area contributed by atoms with E-state index in [1.165, 1.54) is 71.7 Å². The summed E-state index contributed by atoms with van der Waals surface area (Å²) < 4.78 is 4.84. The molecular formula is C43H52N6O3. The lowest BCUT2D eigenvalue weighted by molar-refractivity contribution is -0.134. The second kappa shape index (κ2) is 13.4. The highest BCUT2D eigenvalue weighted by molar-refractivity contribution is 6.05. The molecule has 1 saturated heterocycles. The molecule has 3 N–H and O–H groups in total. The minimum atomic E-state index is -0.672. The average molecular weight is 701 g/mol. The Balaban J connectivity index is 1.11. The molecule has 52 heavy (non-hydrogen) atoms. The fourth-order valence-electron chi connectivity index (χ4n) is 9.61. The molecule has 0 radical (unpaired) electrons. The summed E-state index contributed by atoms with van der Waals surface area (Å²) in [4.78, 5) is 37.6. The molecule has 8 rings (SSSR count). The summed E-state index contributed by atoms with van der Waals surface area (Å²) in [7, 11) is 1.32. The smallest absolute Gasteiger partial charge is 0.407 e. The van der Waals surface area contributed by atoms with Gasteiger partial charge >= 0.3 is 6.09 Å². The Morgan fingerprint density at radius 3 is 2.29 bits per heavy atom. The average Bonchev–Trinajstić information content (AvgIpc) is 3.97. The molecule has 3 aliphatic heterocycles. The van der Waals surface area contributed by atoms with Crippen LogP contribution in [0.4, 0.5) is 10.5 Å². The first-order valence-corrected chi connectivity index (χ1v) is 19.2. The third-order valence-electron chi connectivity index (χ3n) is 12.4. The van der Waals surface area contributed by atoms with Crippen LogP contribution in [0.5, 0.6) is 0 Å². The standard InChI is InChI=1S/C43H52N6O3/c1-26(2)38(47-41(51)52-5)40(50)49-20-8-9-37(49)39-46-35-21-29(14-17-34(35)42(3,4)48-39)31-16-15-30(32-22-43(23-33(31)32)18-6-7-19-43)27-10-12-28(13-11-27)36-24-44-25-45-36/h10-17,21,25-26,36-38H,6-9,18-20,22-24H2,1-5H3,(H,44,45)(H,46,48)(H,47,51). The lowest BCUT2D eigenvalue weighted by Crippen LogP contribution is -2.55. The van der Waals surface area contributed by atoms with Crippen molar-refractivity contribution in [1.82, 2.24) is 15.5 Å². The lowest BCUT2D eigenvalue weighted by atomic mass is 9.82. The second-order valence-corrected chi connectivity index (χ2v) is 16.5. The first-order chi connectivity index (χ1) is 25.1. The van der Waals surface area contributed by atoms with E-state index in [4.69, 9.17) is 9.73 Å². The predicted molar refractivity (Wildman–Crippen MR) is 208 cm³/mol. The fraction of sp³-hybridized carbons (Fsp3) is 0.488. The number of nitrogens with one attached hydrogen (secondary N) is 3. The Labute approximate surface area is 307 Å². The zero-order chi connectivity index (χ0) is 36.2. The van der Waals surface area contributed by atoms with E-state index in [0.29, 0.717) is 12.0 Å². The van der Waals surface area contributed by atoms with Crippen LogP contribution >= 0.6 is 0 Å². The minimum absolute atomic E-state index is 0.0889. The molecule has 3 atom stereocenters. The van der Waals surface area contributed by atoms with Gasteiger partial charge in [-0.3, -0.25) is 14.8 Å². The van der Waals surface area contributed by atoms with Crippen LogP contribution in [-0.4, -0.2) is 61.4 Å². The number of ether oxygens (including phenoxy) is 1. The van der Waals surface area contributed by atoms with Crippen molar-refractivity contribution in [1.29, 1.82) is 0 Å². The summed E-state index contributed by atoms with van der Waals surface area (Å²) in [5.41, 5.74) is 11.6. The lowest BCUT2D eigenvalue weighted by Gasteiger charge is -2.37. The van der Waals surface area contributed by atoms with Gasteiger partial charge in [0.2, 0.25) is 5.91 Å². The molecule has 2 fully saturated rings. The van der Waals surface area contributed by atoms with E-state index in [-0.39, 0.29) is 23.9 Å². The molecule has 3 aromatic carbocycles. The molecule has 5 aliphatic rings. The van der Waals surface area contributed by atoms with Gasteiger partial charge in [-0.25, -0.2) is 4.79 Å². The van der Waals surface area contributed by atoms with Gasteiger partial charge in [0.05, 0.1) is 37.6 Å². The van der Waals surface area contributed by atoms with Crippen LogP contribution < -0.4 is 16.0 Å². The molecule has 3 aromatic rings. The van der Waals surface area contributed by atoms with Gasteiger partial charge in [0.1, 0.15) is 11.9 Å². The molecule has 2 amide bonds. The fourth-order valence-corrected chi connectivity index (χ4v) is 9.61. The Morgan fingerprint density at radius 1 is 0.942 bits per heavy atom. The molecule has 9 heteroatoms. The molecular weight excluding hydrogens is 649 g/mol. The zero-order valence-corrected chi connectivity index (χ0v) is 31.2. The number of anilines is 1. The summed E-state index contributed by atoms with van der Waals surface area (Å²) in [5.74, 6) is 0.628.